The molecule has 4 fully saturated rings. The third-order valence-corrected chi connectivity index (χ3v) is 12.1. The van der Waals surface area contributed by atoms with Gasteiger partial charge >= 0.3 is 5.97 Å². The lowest BCUT2D eigenvalue weighted by atomic mass is 9.43. The minimum atomic E-state index is -0.675. The Labute approximate surface area is 227 Å². The Balaban J connectivity index is 1.35. The van der Waals surface area contributed by atoms with Gasteiger partial charge in [-0.2, -0.15) is 0 Å². The topological polar surface area (TPSA) is 88.2 Å². The average molecular weight is 520 g/mol. The highest BCUT2D eigenvalue weighted by molar-refractivity contribution is 5.66. The quantitative estimate of drug-likeness (QED) is 0.448. The predicted octanol–water partition coefficient (Wildman–Crippen LogP) is 6.62. The smallest absolute Gasteiger partial charge is 0.303 e. The van der Waals surface area contributed by atoms with Gasteiger partial charge in [-0.3, -0.25) is 4.79 Å². The summed E-state index contributed by atoms with van der Waals surface area (Å²) >= 11 is 0. The van der Waals surface area contributed by atoms with Crippen molar-refractivity contribution in [2.24, 2.45) is 46.3 Å². The SMILES string of the molecule is C[C@H](CCC(=O)O)[C@H]1CC[C@H]2[C@@H]3[C@@H](n4cc(-c5ccccc5)nn4)C[C@@H]4C[C@H](O)CC[C@]4(C)[C@H]3CC[C@]12C. The van der Waals surface area contributed by atoms with Gasteiger partial charge in [-0.25, -0.2) is 4.68 Å². The molecule has 206 valence electrons. The van der Waals surface area contributed by atoms with Gasteiger partial charge in [0.05, 0.1) is 18.3 Å². The van der Waals surface area contributed by atoms with Crippen molar-refractivity contribution in [2.75, 3.05) is 0 Å². The lowest BCUT2D eigenvalue weighted by molar-refractivity contribution is -0.151. The molecular formula is C32H45N3O3. The summed E-state index contributed by atoms with van der Waals surface area (Å²) in [6.07, 6.45) is 12.0. The van der Waals surface area contributed by atoms with Gasteiger partial charge in [-0.05, 0) is 104 Å². The van der Waals surface area contributed by atoms with Gasteiger partial charge in [0.2, 0.25) is 0 Å². The van der Waals surface area contributed by atoms with Crippen LogP contribution >= 0.6 is 0 Å². The van der Waals surface area contributed by atoms with E-state index >= 15 is 0 Å². The third-order valence-electron chi connectivity index (χ3n) is 12.1. The van der Waals surface area contributed by atoms with Crippen LogP contribution in [-0.4, -0.2) is 37.3 Å². The first-order valence-electron chi connectivity index (χ1n) is 15.1. The Hall–Kier alpha value is -2.21. The summed E-state index contributed by atoms with van der Waals surface area (Å²) in [4.78, 5) is 11.3. The van der Waals surface area contributed by atoms with E-state index in [-0.39, 0.29) is 23.4 Å². The van der Waals surface area contributed by atoms with Crippen LogP contribution in [-0.2, 0) is 4.79 Å². The number of aliphatic hydroxyl groups excluding tert-OH is 1. The number of aliphatic carboxylic acids is 1. The first-order chi connectivity index (χ1) is 18.2. The molecule has 0 aliphatic heterocycles. The van der Waals surface area contributed by atoms with Crippen molar-refractivity contribution in [3.63, 3.8) is 0 Å². The van der Waals surface area contributed by atoms with Crippen molar-refractivity contribution >= 4 is 5.97 Å². The van der Waals surface area contributed by atoms with Crippen LogP contribution in [0.25, 0.3) is 11.3 Å². The number of aromatic nitrogens is 3. The molecule has 1 aromatic carbocycles. The molecular weight excluding hydrogens is 474 g/mol. The second kappa shape index (κ2) is 9.76. The molecule has 0 spiro atoms. The van der Waals surface area contributed by atoms with Gasteiger partial charge in [0, 0.05) is 12.0 Å². The second-order valence-electron chi connectivity index (χ2n) is 13.8. The molecule has 10 atom stereocenters. The monoisotopic (exact) mass is 519 g/mol. The molecule has 4 aliphatic rings. The lowest BCUT2D eigenvalue weighted by Gasteiger charge is -2.63. The molecule has 1 heterocycles. The van der Waals surface area contributed by atoms with E-state index in [0.717, 1.165) is 43.4 Å². The molecule has 0 amide bonds. The summed E-state index contributed by atoms with van der Waals surface area (Å²) in [7, 11) is 0. The molecule has 0 saturated heterocycles. The number of hydrogen-bond donors (Lipinski definition) is 2. The van der Waals surface area contributed by atoms with Crippen LogP contribution in [0.3, 0.4) is 0 Å². The fourth-order valence-electron chi connectivity index (χ4n) is 10.2. The number of fused-ring (bicyclic) bond motifs is 5. The van der Waals surface area contributed by atoms with Crippen molar-refractivity contribution in [2.45, 2.75) is 97.1 Å². The highest BCUT2D eigenvalue weighted by Gasteiger charge is 2.63. The molecule has 6 nitrogen and oxygen atoms in total. The summed E-state index contributed by atoms with van der Waals surface area (Å²) in [5, 5.41) is 29.4. The Morgan fingerprint density at radius 1 is 1.05 bits per heavy atom. The molecule has 0 radical (unpaired) electrons. The van der Waals surface area contributed by atoms with E-state index in [4.69, 9.17) is 5.21 Å². The molecule has 2 aromatic rings. The van der Waals surface area contributed by atoms with Gasteiger partial charge in [-0.15, -0.1) is 5.10 Å². The lowest BCUT2D eigenvalue weighted by Crippen LogP contribution is -2.57. The largest absolute Gasteiger partial charge is 0.481 e. The summed E-state index contributed by atoms with van der Waals surface area (Å²) < 4.78 is 2.20. The molecule has 38 heavy (non-hydrogen) atoms. The number of benzene rings is 1. The van der Waals surface area contributed by atoms with Crippen molar-refractivity contribution in [3.8, 4) is 11.3 Å². The van der Waals surface area contributed by atoms with E-state index in [0.29, 0.717) is 41.5 Å². The number of hydrogen-bond acceptors (Lipinski definition) is 4. The Morgan fingerprint density at radius 2 is 1.79 bits per heavy atom. The van der Waals surface area contributed by atoms with Gasteiger partial charge in [0.1, 0.15) is 5.69 Å². The molecule has 6 rings (SSSR count). The number of carboxylic acid groups (broad SMARTS) is 1. The standard InChI is InChI=1S/C32H45N3O3/c1-20(9-12-29(37)38)24-10-11-25-30-26(14-16-32(24,25)3)31(2)15-13-23(36)17-22(31)18-28(30)35-19-27(33-34-35)21-7-5-4-6-8-21/h4-8,19-20,22-26,28,30,36H,9-18H2,1-3H3,(H,37,38)/t20-,22+,23-,24-,25+,26+,28+,30+,31+,32-/m1/s1. The minimum absolute atomic E-state index is 0.180. The van der Waals surface area contributed by atoms with Crippen LogP contribution in [0.2, 0.25) is 0 Å². The summed E-state index contributed by atoms with van der Waals surface area (Å²) in [6.45, 7) is 7.38. The Kier molecular flexibility index (Phi) is 6.69. The summed E-state index contributed by atoms with van der Waals surface area (Å²) in [6, 6.07) is 10.6. The van der Waals surface area contributed by atoms with Gasteiger partial charge in [0.25, 0.3) is 0 Å². The molecule has 2 N–H and O–H groups in total. The zero-order valence-electron chi connectivity index (χ0n) is 23.3. The van der Waals surface area contributed by atoms with Crippen LogP contribution < -0.4 is 0 Å². The van der Waals surface area contributed by atoms with Crippen LogP contribution in [0.1, 0.15) is 91.0 Å². The van der Waals surface area contributed by atoms with Crippen LogP contribution in [0.5, 0.6) is 0 Å². The summed E-state index contributed by atoms with van der Waals surface area (Å²) in [5.41, 5.74) is 2.56. The Morgan fingerprint density at radius 3 is 2.55 bits per heavy atom. The maximum atomic E-state index is 11.3. The number of aliphatic hydroxyl groups is 1. The minimum Gasteiger partial charge on any atom is -0.481 e. The van der Waals surface area contributed by atoms with Crippen molar-refractivity contribution in [1.82, 2.24) is 15.0 Å². The van der Waals surface area contributed by atoms with E-state index in [2.05, 4.69) is 61.0 Å². The van der Waals surface area contributed by atoms with Crippen molar-refractivity contribution in [3.05, 3.63) is 36.5 Å². The molecule has 4 saturated carbocycles. The van der Waals surface area contributed by atoms with E-state index < -0.39 is 5.97 Å². The first-order valence-corrected chi connectivity index (χ1v) is 15.1. The number of rotatable bonds is 6. The van der Waals surface area contributed by atoms with Crippen LogP contribution in [0.15, 0.2) is 36.5 Å². The molecule has 1 aromatic heterocycles. The third kappa shape index (κ3) is 4.22. The van der Waals surface area contributed by atoms with Gasteiger partial charge < -0.3 is 10.2 Å². The second-order valence-corrected chi connectivity index (χ2v) is 13.8. The van der Waals surface area contributed by atoms with Crippen molar-refractivity contribution < 1.29 is 15.0 Å². The van der Waals surface area contributed by atoms with Crippen LogP contribution in [0, 0.1) is 46.3 Å². The van der Waals surface area contributed by atoms with E-state index in [9.17, 15) is 15.0 Å². The predicted molar refractivity (Wildman–Crippen MR) is 147 cm³/mol. The zero-order chi connectivity index (χ0) is 26.7. The maximum Gasteiger partial charge on any atom is 0.303 e. The average Bonchev–Trinajstić information content (AvgIpc) is 3.53. The Bertz CT molecular complexity index is 1150. The summed E-state index contributed by atoms with van der Waals surface area (Å²) in [5.74, 6) is 2.66. The van der Waals surface area contributed by atoms with Crippen LogP contribution in [0.4, 0.5) is 0 Å². The van der Waals surface area contributed by atoms with Gasteiger partial charge in [-0.1, -0.05) is 56.3 Å². The molecule has 4 aliphatic carbocycles. The number of carbonyl (C=O) groups is 1. The molecule has 0 bridgehead atoms. The number of nitrogens with zero attached hydrogens (tertiary/aromatic N) is 3. The highest BCUT2D eigenvalue weighted by atomic mass is 16.4. The van der Waals surface area contributed by atoms with Gasteiger partial charge in [0.15, 0.2) is 0 Å². The fraction of sp³-hybridized carbons (Fsp3) is 0.719. The van der Waals surface area contributed by atoms with E-state index in [1.54, 1.807) is 0 Å². The fourth-order valence-corrected chi connectivity index (χ4v) is 10.2. The normalized spacial score (nSPS) is 41.1. The number of carboxylic acids is 1. The maximum absolute atomic E-state index is 11.3. The van der Waals surface area contributed by atoms with Crippen molar-refractivity contribution in [1.29, 1.82) is 0 Å². The van der Waals surface area contributed by atoms with E-state index in [1.165, 1.54) is 25.7 Å². The highest BCUT2D eigenvalue weighted by Crippen LogP contribution is 2.70. The zero-order valence-corrected chi connectivity index (χ0v) is 23.3. The molecule has 6 heteroatoms. The molecule has 0 unspecified atom stereocenters. The first kappa shape index (κ1) is 26.0. The van der Waals surface area contributed by atoms with E-state index in [1.807, 2.05) is 6.07 Å².